The number of carboxylic acids is 1. The molecule has 1 aliphatic heterocycles. The summed E-state index contributed by atoms with van der Waals surface area (Å²) in [6.45, 7) is 4.55. The lowest BCUT2D eigenvalue weighted by molar-refractivity contribution is -0.145. The number of nitrogens with one attached hydrogen (secondary N) is 3. The molecule has 1 aromatic carbocycles. The van der Waals surface area contributed by atoms with Crippen LogP contribution in [-0.2, 0) is 4.79 Å². The van der Waals surface area contributed by atoms with E-state index in [-0.39, 0.29) is 12.0 Å². The van der Waals surface area contributed by atoms with E-state index in [2.05, 4.69) is 33.5 Å². The third kappa shape index (κ3) is 2.99. The lowest BCUT2D eigenvalue weighted by atomic mass is 9.86. The summed E-state index contributed by atoms with van der Waals surface area (Å²) >= 11 is 6.96. The third-order valence-electron chi connectivity index (χ3n) is 4.31. The molecule has 2 aromatic rings. The van der Waals surface area contributed by atoms with E-state index < -0.39 is 11.6 Å². The lowest BCUT2D eigenvalue weighted by Crippen LogP contribution is -2.65. The monoisotopic (exact) mass is 363 g/mol. The second kappa shape index (κ2) is 6.66. The van der Waals surface area contributed by atoms with Gasteiger partial charge in [-0.25, -0.2) is 4.79 Å². The van der Waals surface area contributed by atoms with Gasteiger partial charge in [0.25, 0.3) is 0 Å². The first kappa shape index (κ1) is 17.1. The summed E-state index contributed by atoms with van der Waals surface area (Å²) in [5.74, 6) is -1.13. The van der Waals surface area contributed by atoms with Crippen LogP contribution in [0.15, 0.2) is 29.6 Å². The van der Waals surface area contributed by atoms with Gasteiger partial charge in [-0.2, -0.15) is 0 Å². The van der Waals surface area contributed by atoms with E-state index in [1.54, 1.807) is 11.3 Å². The maximum absolute atomic E-state index is 12.2. The molecule has 5 nitrogen and oxygen atoms in total. The van der Waals surface area contributed by atoms with Gasteiger partial charge in [0.1, 0.15) is 0 Å². The fraction of sp³-hybridized carbons (Fsp3) is 0.412. The predicted octanol–water partition coefficient (Wildman–Crippen LogP) is 2.63. The van der Waals surface area contributed by atoms with Crippen molar-refractivity contribution in [2.24, 2.45) is 0 Å². The quantitative estimate of drug-likeness (QED) is 0.626. The summed E-state index contributed by atoms with van der Waals surface area (Å²) in [4.78, 5) is 12.2. The van der Waals surface area contributed by atoms with E-state index in [4.69, 9.17) is 12.2 Å². The Morgan fingerprint density at radius 1 is 1.46 bits per heavy atom. The van der Waals surface area contributed by atoms with Crippen LogP contribution in [0.5, 0.6) is 0 Å². The molecule has 0 bridgehead atoms. The summed E-state index contributed by atoms with van der Waals surface area (Å²) in [6.07, 6.45) is 0.740. The first-order valence-electron chi connectivity index (χ1n) is 7.97. The summed E-state index contributed by atoms with van der Waals surface area (Å²) in [5.41, 5.74) is -0.231. The number of rotatable bonds is 4. The molecule has 1 saturated heterocycles. The Hall–Kier alpha value is -1.70. The van der Waals surface area contributed by atoms with Crippen LogP contribution in [0.3, 0.4) is 0 Å². The zero-order valence-electron chi connectivity index (χ0n) is 13.6. The smallest absolute Gasteiger partial charge is 0.345 e. The Morgan fingerprint density at radius 3 is 2.92 bits per heavy atom. The molecule has 0 aliphatic carbocycles. The van der Waals surface area contributed by atoms with Gasteiger partial charge in [0.05, 0.1) is 0 Å². The van der Waals surface area contributed by atoms with Gasteiger partial charge in [-0.1, -0.05) is 18.2 Å². The Morgan fingerprint density at radius 2 is 2.21 bits per heavy atom. The molecule has 0 radical (unpaired) electrons. The minimum atomic E-state index is -1.29. The minimum absolute atomic E-state index is 0.137. The van der Waals surface area contributed by atoms with Crippen molar-refractivity contribution in [3.05, 3.63) is 35.2 Å². The van der Waals surface area contributed by atoms with E-state index in [1.807, 2.05) is 26.0 Å². The van der Waals surface area contributed by atoms with Crippen LogP contribution in [0.25, 0.3) is 10.1 Å². The highest BCUT2D eigenvalue weighted by atomic mass is 32.1. The number of aliphatic carboxylic acids is 1. The largest absolute Gasteiger partial charge is 0.478 e. The standard InChI is InChI=1S/C17H21N3O2S2/c1-10(2)19-16(23)20-17(15(21)22)13(7-8-18-17)12-9-24-14-6-4-3-5-11(12)14/h3-6,9-10,13,18H,7-8H2,1-2H3,(H,21,22)(H2,19,20,23)/t13?,17-/m1/s1. The molecule has 0 saturated carbocycles. The zero-order valence-corrected chi connectivity index (χ0v) is 15.3. The Bertz CT molecular complexity index is 774. The Kier molecular flexibility index (Phi) is 4.76. The highest BCUT2D eigenvalue weighted by Crippen LogP contribution is 2.40. The molecule has 2 heterocycles. The van der Waals surface area contributed by atoms with Crippen LogP contribution < -0.4 is 16.0 Å². The number of hydrogen-bond donors (Lipinski definition) is 4. The molecule has 1 unspecified atom stereocenters. The summed E-state index contributed by atoms with van der Waals surface area (Å²) < 4.78 is 1.17. The molecule has 24 heavy (non-hydrogen) atoms. The van der Waals surface area contributed by atoms with Crippen LogP contribution in [0.4, 0.5) is 0 Å². The van der Waals surface area contributed by atoms with Crippen LogP contribution in [0.1, 0.15) is 31.7 Å². The highest BCUT2D eigenvalue weighted by molar-refractivity contribution is 7.80. The lowest BCUT2D eigenvalue weighted by Gasteiger charge is -2.34. The molecular formula is C17H21N3O2S2. The molecule has 4 N–H and O–H groups in total. The van der Waals surface area contributed by atoms with Crippen molar-refractivity contribution < 1.29 is 9.90 Å². The van der Waals surface area contributed by atoms with Gasteiger partial charge in [-0.3, -0.25) is 5.32 Å². The number of thiophene rings is 1. The Balaban J connectivity index is 1.99. The van der Waals surface area contributed by atoms with Crippen molar-refractivity contribution in [3.63, 3.8) is 0 Å². The minimum Gasteiger partial charge on any atom is -0.478 e. The summed E-state index contributed by atoms with van der Waals surface area (Å²) in [5, 5.41) is 22.8. The molecule has 3 rings (SSSR count). The molecule has 128 valence electrons. The number of benzene rings is 1. The van der Waals surface area contributed by atoms with E-state index in [1.165, 1.54) is 4.70 Å². The molecule has 0 spiro atoms. The highest BCUT2D eigenvalue weighted by Gasteiger charge is 2.51. The van der Waals surface area contributed by atoms with Gasteiger partial charge in [0.2, 0.25) is 0 Å². The molecule has 1 aromatic heterocycles. The second-order valence-electron chi connectivity index (χ2n) is 6.32. The number of fused-ring (bicyclic) bond motifs is 1. The van der Waals surface area contributed by atoms with Crippen molar-refractivity contribution in [2.45, 2.75) is 37.9 Å². The van der Waals surface area contributed by atoms with Crippen molar-refractivity contribution >= 4 is 44.7 Å². The van der Waals surface area contributed by atoms with Gasteiger partial charge in [-0.05, 0) is 61.4 Å². The summed E-state index contributed by atoms with van der Waals surface area (Å²) in [7, 11) is 0. The Labute approximate surface area is 150 Å². The average molecular weight is 364 g/mol. The van der Waals surface area contributed by atoms with Crippen molar-refractivity contribution in [3.8, 4) is 0 Å². The second-order valence-corrected chi connectivity index (χ2v) is 7.64. The first-order valence-corrected chi connectivity index (χ1v) is 9.26. The van der Waals surface area contributed by atoms with Gasteiger partial charge < -0.3 is 15.7 Å². The number of thiocarbonyl (C=S) groups is 1. The molecule has 2 atom stereocenters. The topological polar surface area (TPSA) is 73.4 Å². The van der Waals surface area contributed by atoms with Crippen LogP contribution in [0, 0.1) is 0 Å². The molecule has 1 fully saturated rings. The normalized spacial score (nSPS) is 23.5. The number of carboxylic acid groups (broad SMARTS) is 1. The average Bonchev–Trinajstić information content (AvgIpc) is 3.10. The zero-order chi connectivity index (χ0) is 17.3. The van der Waals surface area contributed by atoms with E-state index in [0.717, 1.165) is 17.4 Å². The van der Waals surface area contributed by atoms with Gasteiger partial charge in [-0.15, -0.1) is 11.3 Å². The first-order chi connectivity index (χ1) is 11.4. The molecular weight excluding hydrogens is 342 g/mol. The SMILES string of the molecule is CC(C)NC(=S)N[C@]1(C(=O)O)NCCC1c1csc2ccccc12. The van der Waals surface area contributed by atoms with E-state index in [0.29, 0.717) is 11.7 Å². The number of carbonyl (C=O) groups is 1. The number of hydrogen-bond acceptors (Lipinski definition) is 4. The van der Waals surface area contributed by atoms with Crippen molar-refractivity contribution in [1.82, 2.24) is 16.0 Å². The third-order valence-corrected chi connectivity index (χ3v) is 5.52. The fourth-order valence-corrected chi connectivity index (χ4v) is 4.71. The molecule has 0 amide bonds. The van der Waals surface area contributed by atoms with Gasteiger partial charge >= 0.3 is 5.97 Å². The van der Waals surface area contributed by atoms with Crippen LogP contribution >= 0.6 is 23.6 Å². The maximum Gasteiger partial charge on any atom is 0.345 e. The summed E-state index contributed by atoms with van der Waals surface area (Å²) in [6, 6.07) is 8.24. The van der Waals surface area contributed by atoms with Crippen LogP contribution in [0.2, 0.25) is 0 Å². The van der Waals surface area contributed by atoms with Crippen molar-refractivity contribution in [1.29, 1.82) is 0 Å². The van der Waals surface area contributed by atoms with E-state index >= 15 is 0 Å². The molecule has 1 aliphatic rings. The van der Waals surface area contributed by atoms with Gasteiger partial charge in [0, 0.05) is 16.7 Å². The van der Waals surface area contributed by atoms with Crippen LogP contribution in [-0.4, -0.2) is 34.4 Å². The van der Waals surface area contributed by atoms with E-state index in [9.17, 15) is 9.90 Å². The van der Waals surface area contributed by atoms with Gasteiger partial charge in [0.15, 0.2) is 10.8 Å². The molecule has 7 heteroatoms. The van der Waals surface area contributed by atoms with Crippen molar-refractivity contribution in [2.75, 3.05) is 6.54 Å². The predicted molar refractivity (Wildman–Crippen MR) is 102 cm³/mol. The fourth-order valence-electron chi connectivity index (χ4n) is 3.30. The maximum atomic E-state index is 12.2.